The minimum absolute atomic E-state index is 0.106. The van der Waals surface area contributed by atoms with E-state index in [4.69, 9.17) is 23.2 Å². The van der Waals surface area contributed by atoms with Gasteiger partial charge in [0.15, 0.2) is 0 Å². The summed E-state index contributed by atoms with van der Waals surface area (Å²) in [5, 5.41) is 3.89. The second-order valence-corrected chi connectivity index (χ2v) is 8.02. The van der Waals surface area contributed by atoms with E-state index >= 15 is 0 Å². The smallest absolute Gasteiger partial charge is 0.242 e. The lowest BCUT2D eigenvalue weighted by molar-refractivity contribution is -0.140. The number of hydrogen-bond donors (Lipinski definition) is 1. The first-order valence-corrected chi connectivity index (χ1v) is 10.6. The van der Waals surface area contributed by atoms with Crippen LogP contribution in [0.15, 0.2) is 42.5 Å². The van der Waals surface area contributed by atoms with E-state index in [1.54, 1.807) is 30.0 Å². The Bertz CT molecular complexity index is 855. The van der Waals surface area contributed by atoms with Gasteiger partial charge >= 0.3 is 0 Å². The number of amides is 2. The SMILES string of the molecule is CCCCNC(=O)[C@H](C)N(Cc1ccccc1C)C(=O)Cc1ccc(Cl)cc1Cl. The minimum atomic E-state index is -0.593. The molecule has 2 aromatic rings. The number of unbranched alkanes of at least 4 members (excludes halogenated alkanes) is 1. The van der Waals surface area contributed by atoms with Gasteiger partial charge in [-0.2, -0.15) is 0 Å². The van der Waals surface area contributed by atoms with Crippen LogP contribution in [0.25, 0.3) is 0 Å². The Hall–Kier alpha value is -2.04. The van der Waals surface area contributed by atoms with Gasteiger partial charge in [0.1, 0.15) is 6.04 Å². The topological polar surface area (TPSA) is 49.4 Å². The first-order valence-electron chi connectivity index (χ1n) is 9.89. The van der Waals surface area contributed by atoms with Gasteiger partial charge in [-0.25, -0.2) is 0 Å². The van der Waals surface area contributed by atoms with Gasteiger partial charge in [-0.15, -0.1) is 0 Å². The summed E-state index contributed by atoms with van der Waals surface area (Å²) in [7, 11) is 0. The van der Waals surface area contributed by atoms with Gasteiger partial charge in [0.05, 0.1) is 6.42 Å². The molecule has 2 aromatic carbocycles. The largest absolute Gasteiger partial charge is 0.354 e. The number of nitrogens with one attached hydrogen (secondary N) is 1. The summed E-state index contributed by atoms with van der Waals surface area (Å²) in [6.45, 7) is 6.80. The van der Waals surface area contributed by atoms with E-state index in [0.29, 0.717) is 28.7 Å². The maximum absolute atomic E-state index is 13.2. The molecule has 4 nitrogen and oxygen atoms in total. The van der Waals surface area contributed by atoms with Crippen molar-refractivity contribution in [3.63, 3.8) is 0 Å². The molecule has 1 N–H and O–H groups in total. The zero-order valence-electron chi connectivity index (χ0n) is 17.2. The van der Waals surface area contributed by atoms with Crippen LogP contribution >= 0.6 is 23.2 Å². The third kappa shape index (κ3) is 6.76. The van der Waals surface area contributed by atoms with Gasteiger partial charge < -0.3 is 10.2 Å². The van der Waals surface area contributed by atoms with Crippen LogP contribution in [0.3, 0.4) is 0 Å². The summed E-state index contributed by atoms with van der Waals surface area (Å²) >= 11 is 12.2. The van der Waals surface area contributed by atoms with Crippen molar-refractivity contribution in [3.05, 3.63) is 69.2 Å². The third-order valence-electron chi connectivity index (χ3n) is 4.96. The summed E-state index contributed by atoms with van der Waals surface area (Å²) < 4.78 is 0. The van der Waals surface area contributed by atoms with E-state index in [-0.39, 0.29) is 18.2 Å². The van der Waals surface area contributed by atoms with Gasteiger partial charge in [-0.05, 0) is 49.1 Å². The number of nitrogens with zero attached hydrogens (tertiary/aromatic N) is 1. The quantitative estimate of drug-likeness (QED) is 0.552. The van der Waals surface area contributed by atoms with Crippen LogP contribution in [0.1, 0.15) is 43.4 Å². The van der Waals surface area contributed by atoms with E-state index in [1.807, 2.05) is 31.2 Å². The lowest BCUT2D eigenvalue weighted by Crippen LogP contribution is -2.48. The van der Waals surface area contributed by atoms with Gasteiger partial charge in [0, 0.05) is 23.1 Å². The van der Waals surface area contributed by atoms with Crippen LogP contribution in [-0.4, -0.2) is 29.3 Å². The van der Waals surface area contributed by atoms with Gasteiger partial charge in [-0.3, -0.25) is 9.59 Å². The van der Waals surface area contributed by atoms with Crippen LogP contribution in [0.4, 0.5) is 0 Å². The van der Waals surface area contributed by atoms with E-state index in [2.05, 4.69) is 12.2 Å². The first kappa shape index (κ1) is 23.2. The minimum Gasteiger partial charge on any atom is -0.354 e. The molecule has 0 aromatic heterocycles. The number of rotatable bonds is 9. The molecule has 0 radical (unpaired) electrons. The molecule has 0 aliphatic rings. The Morgan fingerprint density at radius 1 is 1.10 bits per heavy atom. The molecule has 0 saturated heterocycles. The Kier molecular flexibility index (Phi) is 8.99. The highest BCUT2D eigenvalue weighted by Gasteiger charge is 2.26. The molecule has 0 fully saturated rings. The van der Waals surface area contributed by atoms with Crippen molar-refractivity contribution in [2.75, 3.05) is 6.54 Å². The number of aryl methyl sites for hydroxylation is 1. The number of carbonyl (C=O) groups excluding carboxylic acids is 2. The Morgan fingerprint density at radius 2 is 1.83 bits per heavy atom. The highest BCUT2D eigenvalue weighted by molar-refractivity contribution is 6.35. The molecular formula is C23H28Cl2N2O2. The van der Waals surface area contributed by atoms with Crippen molar-refractivity contribution in [2.45, 2.75) is 52.6 Å². The molecule has 156 valence electrons. The number of carbonyl (C=O) groups is 2. The standard InChI is InChI=1S/C23H28Cl2N2O2/c1-4-5-12-26-23(29)17(3)27(15-19-9-7-6-8-16(19)2)22(28)13-18-10-11-20(24)14-21(18)25/h6-11,14,17H,4-5,12-13,15H2,1-3H3,(H,26,29)/t17-/m0/s1. The molecule has 2 rings (SSSR count). The van der Waals surface area contributed by atoms with Crippen LogP contribution in [0.2, 0.25) is 10.0 Å². The number of benzene rings is 2. The normalized spacial score (nSPS) is 11.8. The van der Waals surface area contributed by atoms with Crippen molar-refractivity contribution in [2.24, 2.45) is 0 Å². The predicted molar refractivity (Wildman–Crippen MR) is 119 cm³/mol. The summed E-state index contributed by atoms with van der Waals surface area (Å²) in [5.74, 6) is -0.307. The molecule has 0 heterocycles. The monoisotopic (exact) mass is 434 g/mol. The maximum atomic E-state index is 13.2. The molecule has 1 atom stereocenters. The van der Waals surface area contributed by atoms with E-state index < -0.39 is 6.04 Å². The van der Waals surface area contributed by atoms with Crippen LogP contribution in [-0.2, 0) is 22.6 Å². The molecule has 6 heteroatoms. The molecule has 0 unspecified atom stereocenters. The summed E-state index contributed by atoms with van der Waals surface area (Å²) in [5.41, 5.74) is 2.78. The maximum Gasteiger partial charge on any atom is 0.242 e. The van der Waals surface area contributed by atoms with Crippen LogP contribution in [0, 0.1) is 6.92 Å². The highest BCUT2D eigenvalue weighted by Crippen LogP contribution is 2.23. The second-order valence-electron chi connectivity index (χ2n) is 7.18. The predicted octanol–water partition coefficient (Wildman–Crippen LogP) is 5.18. The average molecular weight is 435 g/mol. The van der Waals surface area contributed by atoms with Crippen molar-refractivity contribution in [3.8, 4) is 0 Å². The average Bonchev–Trinajstić information content (AvgIpc) is 2.69. The zero-order valence-corrected chi connectivity index (χ0v) is 18.7. The molecule has 2 amide bonds. The van der Waals surface area contributed by atoms with Crippen LogP contribution in [0.5, 0.6) is 0 Å². The Labute approximate surface area is 183 Å². The third-order valence-corrected chi connectivity index (χ3v) is 5.54. The number of hydrogen-bond acceptors (Lipinski definition) is 2. The van der Waals surface area contributed by atoms with Crippen molar-refractivity contribution < 1.29 is 9.59 Å². The summed E-state index contributed by atoms with van der Waals surface area (Å²) in [6, 6.07) is 12.4. The Balaban J connectivity index is 2.23. The molecule has 0 aliphatic carbocycles. The van der Waals surface area contributed by atoms with E-state index in [9.17, 15) is 9.59 Å². The van der Waals surface area contributed by atoms with Crippen molar-refractivity contribution >= 4 is 35.0 Å². The highest BCUT2D eigenvalue weighted by atomic mass is 35.5. The fourth-order valence-electron chi connectivity index (χ4n) is 3.02. The summed E-state index contributed by atoms with van der Waals surface area (Å²) in [4.78, 5) is 27.5. The van der Waals surface area contributed by atoms with Gasteiger partial charge in [0.25, 0.3) is 0 Å². The molecule has 0 spiro atoms. The fraction of sp³-hybridized carbons (Fsp3) is 0.391. The van der Waals surface area contributed by atoms with Crippen molar-refractivity contribution in [1.82, 2.24) is 10.2 Å². The fourth-order valence-corrected chi connectivity index (χ4v) is 3.49. The van der Waals surface area contributed by atoms with E-state index in [0.717, 1.165) is 24.0 Å². The zero-order chi connectivity index (χ0) is 21.4. The molecule has 29 heavy (non-hydrogen) atoms. The first-order chi connectivity index (χ1) is 13.8. The molecule has 0 aliphatic heterocycles. The van der Waals surface area contributed by atoms with Crippen LogP contribution < -0.4 is 5.32 Å². The van der Waals surface area contributed by atoms with Gasteiger partial charge in [-0.1, -0.05) is 66.9 Å². The van der Waals surface area contributed by atoms with Gasteiger partial charge in [0.2, 0.25) is 11.8 Å². The van der Waals surface area contributed by atoms with Crippen molar-refractivity contribution in [1.29, 1.82) is 0 Å². The number of halogens is 2. The molecule has 0 bridgehead atoms. The Morgan fingerprint density at radius 3 is 2.48 bits per heavy atom. The van der Waals surface area contributed by atoms with E-state index in [1.165, 1.54) is 0 Å². The molecule has 0 saturated carbocycles. The second kappa shape index (κ2) is 11.2. The lowest BCUT2D eigenvalue weighted by atomic mass is 10.1. The lowest BCUT2D eigenvalue weighted by Gasteiger charge is -2.29. The summed E-state index contributed by atoms with van der Waals surface area (Å²) in [6.07, 6.45) is 2.01. The molecular weight excluding hydrogens is 407 g/mol.